The summed E-state index contributed by atoms with van der Waals surface area (Å²) in [5.74, 6) is 0.807. The van der Waals surface area contributed by atoms with Gasteiger partial charge in [0, 0.05) is 10.5 Å². The van der Waals surface area contributed by atoms with Crippen LogP contribution in [0.4, 0.5) is 0 Å². The molecular formula is C34H34O6S. The van der Waals surface area contributed by atoms with Crippen LogP contribution in [0.25, 0.3) is 0 Å². The molecule has 4 aromatic carbocycles. The van der Waals surface area contributed by atoms with Gasteiger partial charge in [-0.25, -0.2) is 0 Å². The molecule has 0 saturated carbocycles. The standard InChI is InChI=1S/C34H34O6S/c1-35-27-19-17-25(18-20-27)22-37-32-31(36-21-24-11-5-2-6-12-24)30-29(39-34(32)41-28-15-9-4-10-16-28)23-38-33(40-30)26-13-7-3-8-14-26/h2-20,29-34H,21-23H2,1H3/t29?,30-,31-,32?,33?,34-/m0/s1. The van der Waals surface area contributed by atoms with E-state index in [9.17, 15) is 0 Å². The number of hydrogen-bond donors (Lipinski definition) is 0. The first-order valence-corrected chi connectivity index (χ1v) is 14.7. The summed E-state index contributed by atoms with van der Waals surface area (Å²) < 4.78 is 38.2. The minimum absolute atomic E-state index is 0.308. The number of hydrogen-bond acceptors (Lipinski definition) is 7. The Morgan fingerprint density at radius 2 is 1.29 bits per heavy atom. The summed E-state index contributed by atoms with van der Waals surface area (Å²) in [5, 5.41) is 0. The lowest BCUT2D eigenvalue weighted by Gasteiger charge is -2.49. The van der Waals surface area contributed by atoms with Gasteiger partial charge in [-0.2, -0.15) is 0 Å². The second kappa shape index (κ2) is 13.7. The molecule has 0 aliphatic carbocycles. The van der Waals surface area contributed by atoms with Gasteiger partial charge < -0.3 is 28.4 Å². The fraction of sp³-hybridized carbons (Fsp3) is 0.294. The Hall–Kier alpha value is -3.17. The van der Waals surface area contributed by atoms with E-state index in [1.54, 1.807) is 18.9 Å². The van der Waals surface area contributed by atoms with E-state index in [0.29, 0.717) is 19.8 Å². The average molecular weight is 571 g/mol. The molecule has 2 fully saturated rings. The van der Waals surface area contributed by atoms with Crippen molar-refractivity contribution >= 4 is 11.8 Å². The summed E-state index contributed by atoms with van der Waals surface area (Å²) in [6, 6.07) is 38.3. The zero-order valence-corrected chi connectivity index (χ0v) is 23.7. The van der Waals surface area contributed by atoms with Gasteiger partial charge >= 0.3 is 0 Å². The van der Waals surface area contributed by atoms with E-state index < -0.39 is 18.5 Å². The Bertz CT molecular complexity index is 1340. The maximum absolute atomic E-state index is 6.71. The summed E-state index contributed by atoms with van der Waals surface area (Å²) in [6.45, 7) is 1.22. The van der Waals surface area contributed by atoms with Crippen LogP contribution in [0.1, 0.15) is 23.0 Å². The van der Waals surface area contributed by atoms with Crippen LogP contribution < -0.4 is 4.74 Å². The monoisotopic (exact) mass is 570 g/mol. The average Bonchev–Trinajstić information content (AvgIpc) is 3.04. The Kier molecular flexibility index (Phi) is 9.32. The van der Waals surface area contributed by atoms with Crippen molar-refractivity contribution in [2.45, 2.75) is 54.3 Å². The van der Waals surface area contributed by atoms with Gasteiger partial charge in [0.2, 0.25) is 0 Å². The number of benzene rings is 4. The number of rotatable bonds is 10. The first-order valence-electron chi connectivity index (χ1n) is 13.9. The van der Waals surface area contributed by atoms with Crippen LogP contribution in [0.3, 0.4) is 0 Å². The molecule has 41 heavy (non-hydrogen) atoms. The van der Waals surface area contributed by atoms with E-state index in [2.05, 4.69) is 24.3 Å². The van der Waals surface area contributed by atoms with Crippen molar-refractivity contribution in [3.05, 3.63) is 132 Å². The Morgan fingerprint density at radius 1 is 0.683 bits per heavy atom. The summed E-state index contributed by atoms with van der Waals surface area (Å²) in [6.07, 6.45) is -2.02. The summed E-state index contributed by atoms with van der Waals surface area (Å²) in [7, 11) is 1.66. The van der Waals surface area contributed by atoms with Crippen molar-refractivity contribution in [3.8, 4) is 5.75 Å². The number of thioether (sulfide) groups is 1. The van der Waals surface area contributed by atoms with Crippen LogP contribution in [-0.2, 0) is 36.9 Å². The molecule has 2 aliphatic heterocycles. The molecule has 0 spiro atoms. The van der Waals surface area contributed by atoms with Crippen LogP contribution in [0.5, 0.6) is 5.75 Å². The van der Waals surface area contributed by atoms with Crippen molar-refractivity contribution in [2.75, 3.05) is 13.7 Å². The van der Waals surface area contributed by atoms with E-state index in [1.165, 1.54) is 0 Å². The highest BCUT2D eigenvalue weighted by Crippen LogP contribution is 2.41. The van der Waals surface area contributed by atoms with Gasteiger partial charge in [-0.15, -0.1) is 0 Å². The van der Waals surface area contributed by atoms with Crippen LogP contribution in [0.2, 0.25) is 0 Å². The lowest BCUT2D eigenvalue weighted by Crippen LogP contribution is -2.62. The molecule has 0 radical (unpaired) electrons. The Labute approximate surface area is 245 Å². The van der Waals surface area contributed by atoms with E-state index in [1.807, 2.05) is 91.0 Å². The van der Waals surface area contributed by atoms with Crippen LogP contribution in [-0.4, -0.2) is 43.6 Å². The molecule has 0 amide bonds. The second-order valence-electron chi connectivity index (χ2n) is 10.0. The minimum atomic E-state index is -0.510. The molecule has 7 heteroatoms. The van der Waals surface area contributed by atoms with Crippen molar-refractivity contribution in [1.29, 1.82) is 0 Å². The first kappa shape index (κ1) is 28.0. The molecular weight excluding hydrogens is 536 g/mol. The largest absolute Gasteiger partial charge is 0.497 e. The van der Waals surface area contributed by atoms with Crippen LogP contribution in [0.15, 0.2) is 120 Å². The van der Waals surface area contributed by atoms with Crippen molar-refractivity contribution in [1.82, 2.24) is 0 Å². The van der Waals surface area contributed by atoms with Crippen molar-refractivity contribution in [2.24, 2.45) is 0 Å². The smallest absolute Gasteiger partial charge is 0.184 e. The third kappa shape index (κ3) is 7.01. The molecule has 6 rings (SSSR count). The van der Waals surface area contributed by atoms with Gasteiger partial charge in [-0.1, -0.05) is 103 Å². The van der Waals surface area contributed by atoms with Crippen molar-refractivity contribution in [3.63, 3.8) is 0 Å². The number of fused-ring (bicyclic) bond motifs is 1. The van der Waals surface area contributed by atoms with Crippen LogP contribution >= 0.6 is 11.8 Å². The zero-order valence-electron chi connectivity index (χ0n) is 22.9. The molecule has 4 aromatic rings. The van der Waals surface area contributed by atoms with E-state index in [-0.39, 0.29) is 17.6 Å². The SMILES string of the molecule is COc1ccc(COC2[C@@H](OCc3ccccc3)[C@H]3OC(c4ccccc4)OCC3O[C@H]2Sc2ccccc2)cc1. The van der Waals surface area contributed by atoms with E-state index in [0.717, 1.165) is 27.3 Å². The third-order valence-electron chi connectivity index (χ3n) is 7.24. The fourth-order valence-corrected chi connectivity index (χ4v) is 6.25. The Morgan fingerprint density at radius 3 is 1.98 bits per heavy atom. The maximum atomic E-state index is 6.71. The minimum Gasteiger partial charge on any atom is -0.497 e. The van der Waals surface area contributed by atoms with Gasteiger partial charge in [0.1, 0.15) is 35.6 Å². The summed E-state index contributed by atoms with van der Waals surface area (Å²) in [4.78, 5) is 1.09. The maximum Gasteiger partial charge on any atom is 0.184 e. The quantitative estimate of drug-likeness (QED) is 0.208. The van der Waals surface area contributed by atoms with Crippen molar-refractivity contribution < 1.29 is 28.4 Å². The first-order chi connectivity index (χ1) is 20.3. The molecule has 0 aromatic heterocycles. The normalized spacial score (nSPS) is 25.8. The van der Waals surface area contributed by atoms with Gasteiger partial charge in [0.05, 0.1) is 26.9 Å². The highest BCUT2D eigenvalue weighted by atomic mass is 32.2. The molecule has 2 heterocycles. The number of ether oxygens (including phenoxy) is 6. The molecule has 2 aliphatic rings. The lowest BCUT2D eigenvalue weighted by molar-refractivity contribution is -0.329. The predicted molar refractivity (Wildman–Crippen MR) is 158 cm³/mol. The highest BCUT2D eigenvalue weighted by molar-refractivity contribution is 7.99. The number of methoxy groups -OCH3 is 1. The molecule has 6 nitrogen and oxygen atoms in total. The van der Waals surface area contributed by atoms with Crippen LogP contribution in [0, 0.1) is 0 Å². The molecule has 2 saturated heterocycles. The second-order valence-corrected chi connectivity index (χ2v) is 11.2. The van der Waals surface area contributed by atoms with Gasteiger partial charge in [-0.05, 0) is 35.4 Å². The van der Waals surface area contributed by atoms with Gasteiger partial charge in [0.15, 0.2) is 6.29 Å². The van der Waals surface area contributed by atoms with E-state index in [4.69, 9.17) is 28.4 Å². The highest BCUT2D eigenvalue weighted by Gasteiger charge is 2.51. The zero-order chi connectivity index (χ0) is 27.9. The summed E-state index contributed by atoms with van der Waals surface area (Å²) in [5.41, 5.74) is 2.75. The molecule has 3 unspecified atom stereocenters. The molecule has 212 valence electrons. The molecule has 0 bridgehead atoms. The molecule has 0 N–H and O–H groups in total. The summed E-state index contributed by atoms with van der Waals surface area (Å²) >= 11 is 1.63. The predicted octanol–water partition coefficient (Wildman–Crippen LogP) is 6.80. The molecule has 6 atom stereocenters. The van der Waals surface area contributed by atoms with E-state index >= 15 is 0 Å². The lowest BCUT2D eigenvalue weighted by atomic mass is 9.98. The topological polar surface area (TPSA) is 55.4 Å². The fourth-order valence-electron chi connectivity index (χ4n) is 5.10. The van der Waals surface area contributed by atoms with Gasteiger partial charge in [-0.3, -0.25) is 0 Å². The van der Waals surface area contributed by atoms with Gasteiger partial charge in [0.25, 0.3) is 0 Å². The third-order valence-corrected chi connectivity index (χ3v) is 8.39. The Balaban J connectivity index is 1.29.